The van der Waals surface area contributed by atoms with Gasteiger partial charge in [0.25, 0.3) is 0 Å². The molecule has 1 atom stereocenters. The molecule has 1 saturated carbocycles. The van der Waals surface area contributed by atoms with E-state index in [1.165, 1.54) is 71.9 Å². The van der Waals surface area contributed by atoms with Gasteiger partial charge in [-0.15, -0.1) is 0 Å². The van der Waals surface area contributed by atoms with Gasteiger partial charge >= 0.3 is 0 Å². The van der Waals surface area contributed by atoms with Gasteiger partial charge in [0, 0.05) is 18.0 Å². The number of aromatic nitrogens is 3. The zero-order valence-electron chi connectivity index (χ0n) is 24.8. The molecule has 0 bridgehead atoms. The summed E-state index contributed by atoms with van der Waals surface area (Å²) in [6.45, 7) is 5.04. The molecule has 2 aliphatic rings. The maximum Gasteiger partial charge on any atom is 0.160 e. The molecule has 212 valence electrons. The van der Waals surface area contributed by atoms with Crippen molar-refractivity contribution in [3.63, 3.8) is 0 Å². The van der Waals surface area contributed by atoms with Crippen molar-refractivity contribution in [3.8, 4) is 5.75 Å². The third-order valence-corrected chi connectivity index (χ3v) is 9.12. The van der Waals surface area contributed by atoms with Gasteiger partial charge in [-0.1, -0.05) is 68.5 Å². The number of hydrogen-bond donors (Lipinski definition) is 0. The molecular weight excluding hydrogens is 504 g/mol. The molecule has 1 fully saturated rings. The number of rotatable bonds is 10. The lowest BCUT2D eigenvalue weighted by molar-refractivity contribution is 0.329. The molecule has 0 spiro atoms. The van der Waals surface area contributed by atoms with E-state index in [2.05, 4.69) is 67.0 Å². The van der Waals surface area contributed by atoms with Gasteiger partial charge in [0.2, 0.25) is 0 Å². The van der Waals surface area contributed by atoms with Crippen molar-refractivity contribution >= 4 is 23.0 Å². The van der Waals surface area contributed by atoms with E-state index >= 15 is 0 Å². The van der Waals surface area contributed by atoms with Crippen molar-refractivity contribution in [1.82, 2.24) is 14.5 Å². The van der Waals surface area contributed by atoms with Crippen LogP contribution in [0.3, 0.4) is 0 Å². The predicted octanol–water partition coefficient (Wildman–Crippen LogP) is 8.09. The maximum atomic E-state index is 5.80. The highest BCUT2D eigenvalue weighted by molar-refractivity contribution is 6.12. The molecule has 41 heavy (non-hydrogen) atoms. The fourth-order valence-corrected chi connectivity index (χ4v) is 6.43. The summed E-state index contributed by atoms with van der Waals surface area (Å²) in [5, 5.41) is 0. The van der Waals surface area contributed by atoms with Gasteiger partial charge < -0.3 is 9.30 Å². The Balaban J connectivity index is 1.10. The summed E-state index contributed by atoms with van der Waals surface area (Å²) in [6, 6.07) is 15.8. The van der Waals surface area contributed by atoms with Gasteiger partial charge in [0.1, 0.15) is 11.3 Å². The van der Waals surface area contributed by atoms with Crippen LogP contribution < -0.4 is 4.74 Å². The first kappa shape index (κ1) is 27.4. The summed E-state index contributed by atoms with van der Waals surface area (Å²) < 4.78 is 7.92. The highest BCUT2D eigenvalue weighted by Gasteiger charge is 2.18. The molecule has 1 aliphatic carbocycles. The SMILES string of the molecule is COc1cc(Cn2cnc3cc(C4=CC(CCC5CCCCC5)N=C4)cnc32)ccc1CCc1ccc(C)c(C)c1. The maximum absolute atomic E-state index is 5.80. The monoisotopic (exact) mass is 546 g/mol. The average molecular weight is 547 g/mol. The van der Waals surface area contributed by atoms with E-state index in [9.17, 15) is 0 Å². The Bertz CT molecular complexity index is 1570. The molecule has 5 heteroatoms. The highest BCUT2D eigenvalue weighted by atomic mass is 16.5. The number of aryl methyl sites for hydroxylation is 4. The van der Waals surface area contributed by atoms with Gasteiger partial charge in [0.15, 0.2) is 5.65 Å². The summed E-state index contributed by atoms with van der Waals surface area (Å²) in [7, 11) is 1.76. The van der Waals surface area contributed by atoms with Gasteiger partial charge in [-0.3, -0.25) is 4.99 Å². The number of nitrogens with zero attached hydrogens (tertiary/aromatic N) is 4. The molecule has 0 amide bonds. The van der Waals surface area contributed by atoms with Crippen LogP contribution in [0, 0.1) is 19.8 Å². The summed E-state index contributed by atoms with van der Waals surface area (Å²) in [5.41, 5.74) is 10.5. The Hall–Kier alpha value is -3.73. The number of allylic oxidation sites excluding steroid dienone is 1. The normalized spacial score (nSPS) is 17.3. The number of pyridine rings is 1. The van der Waals surface area contributed by atoms with E-state index in [1.54, 1.807) is 7.11 Å². The number of imidazole rings is 1. The minimum atomic E-state index is 0.305. The van der Waals surface area contributed by atoms with Crippen molar-refractivity contribution in [2.24, 2.45) is 10.9 Å². The van der Waals surface area contributed by atoms with Crippen molar-refractivity contribution in [3.05, 3.63) is 94.4 Å². The summed E-state index contributed by atoms with van der Waals surface area (Å²) in [6.07, 6.45) is 19.7. The first-order valence-electron chi connectivity index (χ1n) is 15.3. The fourth-order valence-electron chi connectivity index (χ4n) is 6.43. The Kier molecular flexibility index (Phi) is 8.31. The van der Waals surface area contributed by atoms with E-state index in [0.717, 1.165) is 47.7 Å². The van der Waals surface area contributed by atoms with Crippen molar-refractivity contribution in [1.29, 1.82) is 0 Å². The third kappa shape index (κ3) is 6.45. The Morgan fingerprint density at radius 2 is 1.73 bits per heavy atom. The molecule has 6 rings (SSSR count). The summed E-state index contributed by atoms with van der Waals surface area (Å²) in [5.74, 6) is 1.84. The number of hydrogen-bond acceptors (Lipinski definition) is 4. The van der Waals surface area contributed by atoms with Crippen LogP contribution in [0.5, 0.6) is 5.75 Å². The molecule has 4 aromatic rings. The molecular formula is C36H42N4O. The second-order valence-corrected chi connectivity index (χ2v) is 12.1. The molecule has 3 heterocycles. The van der Waals surface area contributed by atoms with Crippen LogP contribution in [0.1, 0.15) is 78.3 Å². The van der Waals surface area contributed by atoms with Gasteiger partial charge in [-0.25, -0.2) is 9.97 Å². The first-order valence-corrected chi connectivity index (χ1v) is 15.3. The summed E-state index contributed by atoms with van der Waals surface area (Å²) in [4.78, 5) is 14.3. The standard InChI is InChI=1S/C36H42N4O/c1-25-9-10-28(17-26(25)2)11-14-30-15-12-29(18-35(30)41-3)23-40-24-39-34-20-32(22-38-36(34)40)31-19-33(37-21-31)16-13-27-7-5-4-6-8-27/h9-10,12,15,17-22,24,27,33H,4-8,11,13-14,16,23H2,1-3H3. The second-order valence-electron chi connectivity index (χ2n) is 12.1. The van der Waals surface area contributed by atoms with Crippen molar-refractivity contribution in [2.75, 3.05) is 7.11 Å². The van der Waals surface area contributed by atoms with E-state index in [4.69, 9.17) is 19.7 Å². The molecule has 2 aromatic carbocycles. The average Bonchev–Trinajstić information content (AvgIpc) is 3.64. The lowest BCUT2D eigenvalue weighted by Crippen LogP contribution is -2.09. The van der Waals surface area contributed by atoms with Crippen LogP contribution in [-0.2, 0) is 19.4 Å². The minimum absolute atomic E-state index is 0.305. The van der Waals surface area contributed by atoms with E-state index < -0.39 is 0 Å². The fraction of sp³-hybridized carbons (Fsp3) is 0.417. The number of fused-ring (bicyclic) bond motifs is 1. The van der Waals surface area contributed by atoms with Crippen LogP contribution in [-0.4, -0.2) is 33.9 Å². The first-order chi connectivity index (χ1) is 20.1. The quantitative estimate of drug-likeness (QED) is 0.202. The number of methoxy groups -OCH3 is 1. The van der Waals surface area contributed by atoms with Crippen LogP contribution >= 0.6 is 0 Å². The molecule has 1 unspecified atom stereocenters. The molecule has 1 aliphatic heterocycles. The molecule has 0 radical (unpaired) electrons. The summed E-state index contributed by atoms with van der Waals surface area (Å²) >= 11 is 0. The zero-order chi connectivity index (χ0) is 28.2. The largest absolute Gasteiger partial charge is 0.496 e. The molecule has 2 aromatic heterocycles. The second kappa shape index (κ2) is 12.4. The van der Waals surface area contributed by atoms with Gasteiger partial charge in [-0.05, 0) is 91.0 Å². The lowest BCUT2D eigenvalue weighted by atomic mass is 9.85. The molecule has 5 nitrogen and oxygen atoms in total. The predicted molar refractivity (Wildman–Crippen MR) is 169 cm³/mol. The third-order valence-electron chi connectivity index (χ3n) is 9.12. The van der Waals surface area contributed by atoms with E-state index in [1.807, 2.05) is 18.7 Å². The zero-order valence-corrected chi connectivity index (χ0v) is 24.8. The molecule has 0 N–H and O–H groups in total. The molecule has 0 saturated heterocycles. The minimum Gasteiger partial charge on any atom is -0.496 e. The van der Waals surface area contributed by atoms with Gasteiger partial charge in [-0.2, -0.15) is 0 Å². The van der Waals surface area contributed by atoms with E-state index in [0.29, 0.717) is 12.6 Å². The Labute approximate surface area is 244 Å². The van der Waals surface area contributed by atoms with Crippen LogP contribution in [0.25, 0.3) is 16.7 Å². The highest BCUT2D eigenvalue weighted by Crippen LogP contribution is 2.30. The number of ether oxygens (including phenoxy) is 1. The van der Waals surface area contributed by atoms with Crippen LogP contribution in [0.4, 0.5) is 0 Å². The van der Waals surface area contributed by atoms with Gasteiger partial charge in [0.05, 0.1) is 26.0 Å². The topological polar surface area (TPSA) is 52.3 Å². The lowest BCUT2D eigenvalue weighted by Gasteiger charge is -2.21. The Morgan fingerprint density at radius 3 is 2.56 bits per heavy atom. The van der Waals surface area contributed by atoms with E-state index in [-0.39, 0.29) is 0 Å². The van der Waals surface area contributed by atoms with Crippen LogP contribution in [0.2, 0.25) is 0 Å². The number of aliphatic imine (C=N–C) groups is 1. The number of benzene rings is 2. The Morgan fingerprint density at radius 1 is 0.878 bits per heavy atom. The smallest absolute Gasteiger partial charge is 0.160 e. The van der Waals surface area contributed by atoms with Crippen LogP contribution in [0.15, 0.2) is 66.1 Å². The van der Waals surface area contributed by atoms with Crippen molar-refractivity contribution < 1.29 is 4.74 Å². The van der Waals surface area contributed by atoms with Crippen molar-refractivity contribution in [2.45, 2.75) is 84.2 Å².